The van der Waals surface area contributed by atoms with Gasteiger partial charge in [-0.3, -0.25) is 10.1 Å². The zero-order valence-electron chi connectivity index (χ0n) is 10.6. The number of rotatable bonds is 4. The highest BCUT2D eigenvalue weighted by Crippen LogP contribution is 2.23. The molecule has 1 aromatic carbocycles. The number of primary amides is 1. The molecule has 0 aliphatic rings. The molecule has 20 heavy (non-hydrogen) atoms. The Morgan fingerprint density at radius 2 is 2.25 bits per heavy atom. The van der Waals surface area contributed by atoms with Crippen LogP contribution in [0.2, 0.25) is 0 Å². The van der Waals surface area contributed by atoms with Crippen LogP contribution in [0.4, 0.5) is 4.79 Å². The molecular formula is C13H12IN3O3. The van der Waals surface area contributed by atoms with E-state index in [1.807, 2.05) is 12.2 Å². The first-order chi connectivity index (χ1) is 9.47. The predicted molar refractivity (Wildman–Crippen MR) is 81.6 cm³/mol. The van der Waals surface area contributed by atoms with E-state index in [2.05, 4.69) is 22.6 Å². The van der Waals surface area contributed by atoms with Crippen LogP contribution in [0.15, 0.2) is 23.8 Å². The van der Waals surface area contributed by atoms with Crippen LogP contribution < -0.4 is 15.8 Å². The van der Waals surface area contributed by atoms with Crippen LogP contribution in [0.1, 0.15) is 12.5 Å². The summed E-state index contributed by atoms with van der Waals surface area (Å²) in [6.07, 6.45) is 1.37. The average Bonchev–Trinajstić information content (AvgIpc) is 2.38. The third-order valence-corrected chi connectivity index (χ3v) is 3.01. The maximum atomic E-state index is 11.5. The Balaban J connectivity index is 3.02. The molecule has 0 saturated heterocycles. The summed E-state index contributed by atoms with van der Waals surface area (Å²) < 4.78 is 6.24. The molecule has 6 nitrogen and oxygen atoms in total. The van der Waals surface area contributed by atoms with Crippen molar-refractivity contribution in [2.45, 2.75) is 6.92 Å². The fraction of sp³-hybridized carbons (Fsp3) is 0.154. The molecular weight excluding hydrogens is 373 g/mol. The molecule has 0 aliphatic carbocycles. The predicted octanol–water partition coefficient (Wildman–Crippen LogP) is 1.79. The van der Waals surface area contributed by atoms with E-state index in [1.165, 1.54) is 6.08 Å². The SMILES string of the molecule is CCOc1ccc(/C=C(/C#N)C(=O)NC(N)=O)cc1I. The Kier molecular flexibility index (Phi) is 5.99. The number of imide groups is 1. The van der Waals surface area contributed by atoms with Crippen LogP contribution in [0, 0.1) is 14.9 Å². The standard InChI is InChI=1S/C13H12IN3O3/c1-2-20-11-4-3-8(6-10(11)14)5-9(7-15)12(18)17-13(16)19/h3-6H,2H2,1H3,(H3,16,17,18,19)/b9-5-. The molecule has 0 radical (unpaired) electrons. The van der Waals surface area contributed by atoms with Crippen molar-refractivity contribution in [3.05, 3.63) is 32.9 Å². The lowest BCUT2D eigenvalue weighted by molar-refractivity contribution is -0.115. The summed E-state index contributed by atoms with van der Waals surface area (Å²) in [6.45, 7) is 2.43. The second kappa shape index (κ2) is 7.49. The molecule has 0 heterocycles. The third-order valence-electron chi connectivity index (χ3n) is 2.17. The van der Waals surface area contributed by atoms with Gasteiger partial charge < -0.3 is 10.5 Å². The number of nitriles is 1. The molecule has 3 N–H and O–H groups in total. The molecule has 0 aliphatic heterocycles. The van der Waals surface area contributed by atoms with E-state index in [1.54, 1.807) is 24.3 Å². The van der Waals surface area contributed by atoms with Crippen molar-refractivity contribution in [1.29, 1.82) is 5.26 Å². The summed E-state index contributed by atoms with van der Waals surface area (Å²) in [5.74, 6) is -0.103. The number of halogens is 1. The summed E-state index contributed by atoms with van der Waals surface area (Å²) in [5.41, 5.74) is 5.27. The number of benzene rings is 1. The van der Waals surface area contributed by atoms with Gasteiger partial charge in [0.25, 0.3) is 5.91 Å². The first-order valence-electron chi connectivity index (χ1n) is 5.62. The van der Waals surface area contributed by atoms with E-state index in [4.69, 9.17) is 15.7 Å². The van der Waals surface area contributed by atoms with E-state index in [0.717, 1.165) is 9.32 Å². The first-order valence-corrected chi connectivity index (χ1v) is 6.70. The Morgan fingerprint density at radius 1 is 1.55 bits per heavy atom. The van der Waals surface area contributed by atoms with Crippen molar-refractivity contribution < 1.29 is 14.3 Å². The molecule has 7 heteroatoms. The normalized spacial score (nSPS) is 10.6. The summed E-state index contributed by atoms with van der Waals surface area (Å²) in [7, 11) is 0. The number of carbonyl (C=O) groups excluding carboxylic acids is 2. The van der Waals surface area contributed by atoms with Crippen molar-refractivity contribution in [1.82, 2.24) is 5.32 Å². The van der Waals surface area contributed by atoms with Gasteiger partial charge in [-0.2, -0.15) is 5.26 Å². The molecule has 1 rings (SSSR count). The number of hydrogen-bond donors (Lipinski definition) is 2. The van der Waals surface area contributed by atoms with Crippen molar-refractivity contribution in [3.63, 3.8) is 0 Å². The molecule has 104 valence electrons. The largest absolute Gasteiger partial charge is 0.493 e. The lowest BCUT2D eigenvalue weighted by Gasteiger charge is -2.06. The minimum Gasteiger partial charge on any atom is -0.493 e. The number of urea groups is 1. The summed E-state index contributed by atoms with van der Waals surface area (Å²) in [5, 5.41) is 10.8. The molecule has 0 aromatic heterocycles. The smallest absolute Gasteiger partial charge is 0.319 e. The van der Waals surface area contributed by atoms with Gasteiger partial charge in [0.15, 0.2) is 0 Å². The minimum absolute atomic E-state index is 0.205. The molecule has 0 saturated carbocycles. The van der Waals surface area contributed by atoms with Gasteiger partial charge in [-0.05, 0) is 53.3 Å². The Bertz CT molecular complexity index is 605. The van der Waals surface area contributed by atoms with Crippen molar-refractivity contribution in [3.8, 4) is 11.8 Å². The van der Waals surface area contributed by atoms with Gasteiger partial charge in [0, 0.05) is 0 Å². The summed E-state index contributed by atoms with van der Waals surface area (Å²) in [6, 6.07) is 5.94. The molecule has 1 aromatic rings. The molecule has 0 bridgehead atoms. The Hall–Kier alpha value is -2.08. The van der Waals surface area contributed by atoms with Crippen molar-refractivity contribution >= 4 is 40.6 Å². The van der Waals surface area contributed by atoms with Crippen LogP contribution in [-0.2, 0) is 4.79 Å². The van der Waals surface area contributed by atoms with Crippen LogP contribution in [0.3, 0.4) is 0 Å². The summed E-state index contributed by atoms with van der Waals surface area (Å²) in [4.78, 5) is 22.1. The first kappa shape index (κ1) is 16.0. The maximum absolute atomic E-state index is 11.5. The van der Waals surface area contributed by atoms with Gasteiger partial charge in [-0.15, -0.1) is 0 Å². The number of nitrogens with one attached hydrogen (secondary N) is 1. The lowest BCUT2D eigenvalue weighted by Crippen LogP contribution is -2.35. The third kappa shape index (κ3) is 4.55. The number of hydrogen-bond acceptors (Lipinski definition) is 4. The summed E-state index contributed by atoms with van der Waals surface area (Å²) >= 11 is 2.09. The van der Waals surface area contributed by atoms with Gasteiger partial charge in [-0.25, -0.2) is 4.79 Å². The lowest BCUT2D eigenvalue weighted by atomic mass is 10.1. The van der Waals surface area contributed by atoms with E-state index in [0.29, 0.717) is 12.2 Å². The monoisotopic (exact) mass is 385 g/mol. The fourth-order valence-electron chi connectivity index (χ4n) is 1.37. The van der Waals surface area contributed by atoms with Gasteiger partial charge in [0.05, 0.1) is 10.2 Å². The van der Waals surface area contributed by atoms with Crippen LogP contribution in [0.5, 0.6) is 5.75 Å². The zero-order chi connectivity index (χ0) is 15.1. The van der Waals surface area contributed by atoms with E-state index in [-0.39, 0.29) is 5.57 Å². The van der Waals surface area contributed by atoms with Crippen LogP contribution in [0.25, 0.3) is 6.08 Å². The Labute approximate surface area is 129 Å². The number of amides is 3. The molecule has 0 spiro atoms. The molecule has 0 fully saturated rings. The van der Waals surface area contributed by atoms with Gasteiger partial charge in [-0.1, -0.05) is 6.07 Å². The topological polar surface area (TPSA) is 105 Å². The number of nitrogens with zero attached hydrogens (tertiary/aromatic N) is 1. The van der Waals surface area contributed by atoms with E-state index >= 15 is 0 Å². The van der Waals surface area contributed by atoms with Crippen molar-refractivity contribution in [2.24, 2.45) is 5.73 Å². The highest BCUT2D eigenvalue weighted by molar-refractivity contribution is 14.1. The fourth-order valence-corrected chi connectivity index (χ4v) is 2.07. The van der Waals surface area contributed by atoms with Crippen LogP contribution in [-0.4, -0.2) is 18.5 Å². The minimum atomic E-state index is -1.00. The van der Waals surface area contributed by atoms with Gasteiger partial charge in [0.1, 0.15) is 17.4 Å². The number of nitrogens with two attached hydrogens (primary N) is 1. The zero-order valence-corrected chi connectivity index (χ0v) is 12.8. The average molecular weight is 385 g/mol. The molecule has 0 atom stereocenters. The Morgan fingerprint density at radius 3 is 2.75 bits per heavy atom. The highest BCUT2D eigenvalue weighted by atomic mass is 127. The van der Waals surface area contributed by atoms with Crippen LogP contribution >= 0.6 is 22.6 Å². The maximum Gasteiger partial charge on any atom is 0.319 e. The van der Waals surface area contributed by atoms with Gasteiger partial charge >= 0.3 is 6.03 Å². The molecule has 3 amide bonds. The number of ether oxygens (including phenoxy) is 1. The highest BCUT2D eigenvalue weighted by Gasteiger charge is 2.11. The quantitative estimate of drug-likeness (QED) is 0.468. The van der Waals surface area contributed by atoms with Gasteiger partial charge in [0.2, 0.25) is 0 Å². The number of carbonyl (C=O) groups is 2. The second-order valence-electron chi connectivity index (χ2n) is 3.61. The molecule has 0 unspecified atom stereocenters. The second-order valence-corrected chi connectivity index (χ2v) is 4.77. The van der Waals surface area contributed by atoms with E-state index in [9.17, 15) is 9.59 Å². The van der Waals surface area contributed by atoms with E-state index < -0.39 is 11.9 Å². The van der Waals surface area contributed by atoms with Crippen molar-refractivity contribution in [2.75, 3.05) is 6.61 Å².